The first-order valence-corrected chi connectivity index (χ1v) is 9.50. The van der Waals surface area contributed by atoms with Crippen molar-refractivity contribution in [3.8, 4) is 5.88 Å². The highest BCUT2D eigenvalue weighted by Crippen LogP contribution is 2.32. The number of para-hydroxylation sites is 1. The highest BCUT2D eigenvalue weighted by atomic mass is 19.3. The molecule has 30 heavy (non-hydrogen) atoms. The van der Waals surface area contributed by atoms with Gasteiger partial charge >= 0.3 is 0 Å². The van der Waals surface area contributed by atoms with E-state index in [4.69, 9.17) is 4.74 Å². The Hall–Kier alpha value is -3.62. The van der Waals surface area contributed by atoms with Gasteiger partial charge in [0, 0.05) is 24.4 Å². The van der Waals surface area contributed by atoms with Crippen molar-refractivity contribution in [1.82, 2.24) is 24.7 Å². The second kappa shape index (κ2) is 7.01. The van der Waals surface area contributed by atoms with Crippen molar-refractivity contribution in [1.29, 1.82) is 0 Å². The highest BCUT2D eigenvalue weighted by Gasteiger charge is 2.47. The van der Waals surface area contributed by atoms with Gasteiger partial charge in [-0.25, -0.2) is 18.3 Å². The number of fused-ring (bicyclic) bond motifs is 2. The second-order valence-corrected chi connectivity index (χ2v) is 7.19. The van der Waals surface area contributed by atoms with Crippen LogP contribution in [0.5, 0.6) is 5.88 Å². The summed E-state index contributed by atoms with van der Waals surface area (Å²) in [5, 5.41) is 8.59. The summed E-state index contributed by atoms with van der Waals surface area (Å²) in [7, 11) is 0. The minimum Gasteiger partial charge on any atom is -0.466 e. The van der Waals surface area contributed by atoms with E-state index in [-0.39, 0.29) is 24.7 Å². The molecule has 152 valence electrons. The summed E-state index contributed by atoms with van der Waals surface area (Å²) in [6, 6.07) is 15.8. The predicted octanol–water partition coefficient (Wildman–Crippen LogP) is 3.21. The van der Waals surface area contributed by atoms with E-state index in [0.29, 0.717) is 11.0 Å². The van der Waals surface area contributed by atoms with Crippen LogP contribution >= 0.6 is 0 Å². The fraction of sp³-hybridized carbons (Fsp3) is 0.238. The van der Waals surface area contributed by atoms with Crippen LogP contribution in [0.2, 0.25) is 0 Å². The molecule has 1 aliphatic rings. The molecule has 0 aliphatic carbocycles. The highest BCUT2D eigenvalue weighted by molar-refractivity contribution is 5.93. The number of rotatable bonds is 3. The third kappa shape index (κ3) is 3.22. The largest absolute Gasteiger partial charge is 0.466 e. The van der Waals surface area contributed by atoms with Gasteiger partial charge in [0.05, 0.1) is 23.8 Å². The molecular weight excluding hydrogens is 392 g/mol. The molecule has 1 saturated heterocycles. The zero-order chi connectivity index (χ0) is 20.7. The van der Waals surface area contributed by atoms with Gasteiger partial charge in [-0.1, -0.05) is 29.5 Å². The van der Waals surface area contributed by atoms with Crippen molar-refractivity contribution in [2.75, 3.05) is 13.1 Å². The third-order valence-electron chi connectivity index (χ3n) is 5.24. The maximum Gasteiger partial charge on any atom is 0.287 e. The number of halogens is 2. The molecule has 4 aromatic rings. The number of hydrogen-bond donors (Lipinski definition) is 0. The molecule has 0 spiro atoms. The van der Waals surface area contributed by atoms with Gasteiger partial charge in [-0.05, 0) is 24.3 Å². The van der Waals surface area contributed by atoms with E-state index in [0.717, 1.165) is 5.39 Å². The number of carbonyl (C=O) groups is 1. The monoisotopic (exact) mass is 409 g/mol. The lowest BCUT2D eigenvalue weighted by molar-refractivity contribution is -0.131. The van der Waals surface area contributed by atoms with Gasteiger partial charge in [0.1, 0.15) is 5.69 Å². The zero-order valence-corrected chi connectivity index (χ0v) is 15.8. The van der Waals surface area contributed by atoms with E-state index in [2.05, 4.69) is 15.3 Å². The van der Waals surface area contributed by atoms with Crippen molar-refractivity contribution < 1.29 is 18.3 Å². The van der Waals surface area contributed by atoms with E-state index >= 15 is 0 Å². The fourth-order valence-corrected chi connectivity index (χ4v) is 3.61. The summed E-state index contributed by atoms with van der Waals surface area (Å²) < 4.78 is 36.2. The molecule has 0 bridgehead atoms. The number of aromatic nitrogens is 4. The number of pyridine rings is 2. The molecule has 7 nitrogen and oxygen atoms in total. The third-order valence-corrected chi connectivity index (χ3v) is 5.24. The van der Waals surface area contributed by atoms with Gasteiger partial charge in [0.2, 0.25) is 5.88 Å². The summed E-state index contributed by atoms with van der Waals surface area (Å²) in [4.78, 5) is 18.7. The molecule has 1 fully saturated rings. The lowest BCUT2D eigenvalue weighted by Gasteiger charge is -2.37. The van der Waals surface area contributed by atoms with Gasteiger partial charge < -0.3 is 9.64 Å². The summed E-state index contributed by atoms with van der Waals surface area (Å²) in [5.41, 5.74) is 1.56. The molecule has 0 radical (unpaired) electrons. The Morgan fingerprint density at radius 1 is 1.10 bits per heavy atom. The van der Waals surface area contributed by atoms with Gasteiger partial charge in [-0.3, -0.25) is 4.79 Å². The minimum atomic E-state index is -3.08. The lowest BCUT2D eigenvalue weighted by atomic mass is 10.0. The molecule has 1 atom stereocenters. The normalized spacial score (nSPS) is 18.6. The maximum atomic E-state index is 14.6. The first-order valence-electron chi connectivity index (χ1n) is 9.50. The molecule has 3 aromatic heterocycles. The average Bonchev–Trinajstić information content (AvgIpc) is 3.23. The van der Waals surface area contributed by atoms with E-state index in [1.54, 1.807) is 36.4 Å². The second-order valence-electron chi connectivity index (χ2n) is 7.19. The van der Waals surface area contributed by atoms with Crippen molar-refractivity contribution in [3.63, 3.8) is 0 Å². The first-order chi connectivity index (χ1) is 14.5. The summed E-state index contributed by atoms with van der Waals surface area (Å²) in [6.07, 6.45) is -0.471. The molecule has 4 heterocycles. The Balaban J connectivity index is 1.40. The smallest absolute Gasteiger partial charge is 0.287 e. The molecule has 1 aromatic carbocycles. The minimum absolute atomic E-state index is 0.0814. The van der Waals surface area contributed by atoms with Crippen LogP contribution in [0.3, 0.4) is 0 Å². The molecule has 0 N–H and O–H groups in total. The fourth-order valence-electron chi connectivity index (χ4n) is 3.61. The topological polar surface area (TPSA) is 72.6 Å². The SMILES string of the molecule is O=C(c1cccc2cnnn12)N1CCC(F)(F)C(Oc2ccc3ccccc3n2)C1. The lowest BCUT2D eigenvalue weighted by Crippen LogP contribution is -2.55. The Morgan fingerprint density at radius 2 is 1.97 bits per heavy atom. The number of carbonyl (C=O) groups excluding carboxylic acids is 1. The Bertz CT molecular complexity index is 1240. The number of piperidine rings is 1. The van der Waals surface area contributed by atoms with Gasteiger partial charge in [-0.2, -0.15) is 0 Å². The van der Waals surface area contributed by atoms with Crippen molar-refractivity contribution >= 4 is 22.3 Å². The number of hydrogen-bond acceptors (Lipinski definition) is 5. The van der Waals surface area contributed by atoms with Gasteiger partial charge in [-0.15, -0.1) is 5.10 Å². The maximum absolute atomic E-state index is 14.6. The number of likely N-dealkylation sites (tertiary alicyclic amines) is 1. The van der Waals surface area contributed by atoms with Crippen LogP contribution in [0.1, 0.15) is 16.9 Å². The molecular formula is C21H17F2N5O2. The molecule has 0 saturated carbocycles. The van der Waals surface area contributed by atoms with Crippen molar-refractivity contribution in [2.24, 2.45) is 0 Å². The Labute approximate surface area is 169 Å². The van der Waals surface area contributed by atoms with E-state index in [9.17, 15) is 13.6 Å². The number of nitrogens with zero attached hydrogens (tertiary/aromatic N) is 5. The molecule has 5 rings (SSSR count). The van der Waals surface area contributed by atoms with Crippen LogP contribution < -0.4 is 4.74 Å². The average molecular weight is 409 g/mol. The van der Waals surface area contributed by atoms with E-state index in [1.807, 2.05) is 18.2 Å². The van der Waals surface area contributed by atoms with Crippen molar-refractivity contribution in [3.05, 3.63) is 66.5 Å². The predicted molar refractivity (Wildman–Crippen MR) is 105 cm³/mol. The molecule has 1 aliphatic heterocycles. The molecule has 1 amide bonds. The van der Waals surface area contributed by atoms with Gasteiger partial charge in [0.25, 0.3) is 11.8 Å². The van der Waals surface area contributed by atoms with Crippen LogP contribution in [-0.4, -0.2) is 55.7 Å². The van der Waals surface area contributed by atoms with E-state index in [1.165, 1.54) is 15.6 Å². The Kier molecular flexibility index (Phi) is 4.30. The standard InChI is InChI=1S/C21H17F2N5O2/c22-21(23)10-11-27(20(29)17-7-3-5-15-12-24-26-28(15)17)13-18(21)30-19-9-8-14-4-1-2-6-16(14)25-19/h1-9,12,18H,10-11,13H2. The van der Waals surface area contributed by atoms with Crippen LogP contribution in [-0.2, 0) is 0 Å². The summed E-state index contributed by atoms with van der Waals surface area (Å²) in [5.74, 6) is -3.38. The number of alkyl halides is 2. The van der Waals surface area contributed by atoms with Crippen LogP contribution in [0, 0.1) is 0 Å². The summed E-state index contributed by atoms with van der Waals surface area (Å²) in [6.45, 7) is -0.340. The summed E-state index contributed by atoms with van der Waals surface area (Å²) >= 11 is 0. The van der Waals surface area contributed by atoms with Crippen LogP contribution in [0.4, 0.5) is 8.78 Å². The number of benzene rings is 1. The number of ether oxygens (including phenoxy) is 1. The van der Waals surface area contributed by atoms with Gasteiger partial charge in [0.15, 0.2) is 6.10 Å². The quantitative estimate of drug-likeness (QED) is 0.520. The van der Waals surface area contributed by atoms with Crippen molar-refractivity contribution in [2.45, 2.75) is 18.4 Å². The first kappa shape index (κ1) is 18.4. The number of amides is 1. The molecule has 9 heteroatoms. The van der Waals surface area contributed by atoms with Crippen LogP contribution in [0.15, 0.2) is 60.8 Å². The van der Waals surface area contributed by atoms with E-state index < -0.39 is 24.4 Å². The Morgan fingerprint density at radius 3 is 2.87 bits per heavy atom. The zero-order valence-electron chi connectivity index (χ0n) is 15.8. The van der Waals surface area contributed by atoms with Crippen LogP contribution in [0.25, 0.3) is 16.4 Å². The molecule has 1 unspecified atom stereocenters.